The Balaban J connectivity index is 1.77. The zero-order valence-corrected chi connectivity index (χ0v) is 16.8. The van der Waals surface area contributed by atoms with Crippen LogP contribution in [0.4, 0.5) is 5.69 Å². The fraction of sp³-hybridized carbons (Fsp3) is 0.167. The Morgan fingerprint density at radius 1 is 1.12 bits per heavy atom. The SMILES string of the molecule is Cc1c(Cl)cccc1NC(=O)CNC(=O)COC(=O)c1cccc(I)c1. The zero-order chi connectivity index (χ0) is 19.1. The number of hydrogen-bond acceptors (Lipinski definition) is 4. The predicted molar refractivity (Wildman–Crippen MR) is 107 cm³/mol. The Morgan fingerprint density at radius 2 is 1.85 bits per heavy atom. The van der Waals surface area contributed by atoms with Gasteiger partial charge in [-0.25, -0.2) is 4.79 Å². The van der Waals surface area contributed by atoms with Crippen LogP contribution in [0.2, 0.25) is 5.02 Å². The first kappa shape index (κ1) is 20.2. The van der Waals surface area contributed by atoms with E-state index in [2.05, 4.69) is 33.2 Å². The highest BCUT2D eigenvalue weighted by Gasteiger charge is 2.12. The molecular formula is C18H16ClIN2O4. The molecule has 8 heteroatoms. The molecule has 0 spiro atoms. The van der Waals surface area contributed by atoms with Crippen molar-refractivity contribution < 1.29 is 19.1 Å². The van der Waals surface area contributed by atoms with Crippen LogP contribution in [0.15, 0.2) is 42.5 Å². The molecule has 136 valence electrons. The minimum Gasteiger partial charge on any atom is -0.452 e. The molecule has 0 saturated carbocycles. The number of nitrogens with one attached hydrogen (secondary N) is 2. The molecular weight excluding hydrogens is 471 g/mol. The van der Waals surface area contributed by atoms with E-state index in [1.165, 1.54) is 0 Å². The molecule has 0 unspecified atom stereocenters. The van der Waals surface area contributed by atoms with Gasteiger partial charge in [-0.2, -0.15) is 0 Å². The Morgan fingerprint density at radius 3 is 2.58 bits per heavy atom. The Labute approximate surface area is 169 Å². The number of ether oxygens (including phenoxy) is 1. The third kappa shape index (κ3) is 5.99. The summed E-state index contributed by atoms with van der Waals surface area (Å²) in [5.41, 5.74) is 1.67. The van der Waals surface area contributed by atoms with Gasteiger partial charge in [-0.3, -0.25) is 9.59 Å². The highest BCUT2D eigenvalue weighted by Crippen LogP contribution is 2.22. The third-order valence-electron chi connectivity index (χ3n) is 3.38. The van der Waals surface area contributed by atoms with Crippen molar-refractivity contribution in [1.82, 2.24) is 5.32 Å². The first-order valence-electron chi connectivity index (χ1n) is 7.61. The van der Waals surface area contributed by atoms with Crippen molar-refractivity contribution in [3.05, 3.63) is 62.2 Å². The molecule has 6 nitrogen and oxygen atoms in total. The first-order chi connectivity index (χ1) is 12.4. The summed E-state index contributed by atoms with van der Waals surface area (Å²) in [6.07, 6.45) is 0. The van der Waals surface area contributed by atoms with Crippen LogP contribution >= 0.6 is 34.2 Å². The van der Waals surface area contributed by atoms with E-state index < -0.39 is 24.4 Å². The van der Waals surface area contributed by atoms with Crippen LogP contribution in [-0.4, -0.2) is 30.9 Å². The molecule has 2 aromatic rings. The van der Waals surface area contributed by atoms with Crippen LogP contribution < -0.4 is 10.6 Å². The summed E-state index contributed by atoms with van der Waals surface area (Å²) in [5.74, 6) is -1.58. The van der Waals surface area contributed by atoms with Gasteiger partial charge in [0.15, 0.2) is 6.61 Å². The van der Waals surface area contributed by atoms with Gasteiger partial charge in [0.05, 0.1) is 12.1 Å². The first-order valence-corrected chi connectivity index (χ1v) is 9.07. The highest BCUT2D eigenvalue weighted by atomic mass is 127. The number of rotatable bonds is 6. The minimum absolute atomic E-state index is 0.244. The average molecular weight is 487 g/mol. The van der Waals surface area contributed by atoms with Crippen molar-refractivity contribution >= 4 is 57.7 Å². The van der Waals surface area contributed by atoms with E-state index in [4.69, 9.17) is 16.3 Å². The zero-order valence-electron chi connectivity index (χ0n) is 13.8. The number of halogens is 2. The molecule has 0 heterocycles. The second-order valence-electron chi connectivity index (χ2n) is 5.32. The van der Waals surface area contributed by atoms with Gasteiger partial charge in [0, 0.05) is 14.3 Å². The van der Waals surface area contributed by atoms with Gasteiger partial charge >= 0.3 is 5.97 Å². The lowest BCUT2D eigenvalue weighted by Gasteiger charge is -2.10. The van der Waals surface area contributed by atoms with E-state index in [9.17, 15) is 14.4 Å². The van der Waals surface area contributed by atoms with E-state index in [1.54, 1.807) is 43.3 Å². The molecule has 2 aromatic carbocycles. The molecule has 0 aliphatic heterocycles. The van der Waals surface area contributed by atoms with Crippen LogP contribution in [0.25, 0.3) is 0 Å². The number of esters is 1. The molecule has 26 heavy (non-hydrogen) atoms. The standard InChI is InChI=1S/C18H16ClIN2O4/c1-11-14(19)6-3-7-15(11)22-16(23)9-21-17(24)10-26-18(25)12-4-2-5-13(20)8-12/h2-8H,9-10H2,1H3,(H,21,24)(H,22,23). The lowest BCUT2D eigenvalue weighted by Crippen LogP contribution is -2.35. The molecule has 0 aromatic heterocycles. The number of benzene rings is 2. The number of amides is 2. The normalized spacial score (nSPS) is 10.1. The lowest BCUT2D eigenvalue weighted by molar-refractivity contribution is -0.126. The summed E-state index contributed by atoms with van der Waals surface area (Å²) in [6.45, 7) is 1.07. The molecule has 0 atom stereocenters. The summed E-state index contributed by atoms with van der Waals surface area (Å²) in [5, 5.41) is 5.59. The molecule has 0 saturated heterocycles. The largest absolute Gasteiger partial charge is 0.452 e. The van der Waals surface area contributed by atoms with Gasteiger partial charge in [-0.15, -0.1) is 0 Å². The maximum Gasteiger partial charge on any atom is 0.338 e. The number of carbonyl (C=O) groups excluding carboxylic acids is 3. The smallest absolute Gasteiger partial charge is 0.338 e. The fourth-order valence-electron chi connectivity index (χ4n) is 2.00. The maximum absolute atomic E-state index is 11.9. The van der Waals surface area contributed by atoms with Crippen LogP contribution in [0.3, 0.4) is 0 Å². The minimum atomic E-state index is -0.599. The van der Waals surface area contributed by atoms with E-state index >= 15 is 0 Å². The summed E-state index contributed by atoms with van der Waals surface area (Å²) >= 11 is 8.06. The Kier molecular flexibility index (Phi) is 7.40. The monoisotopic (exact) mass is 486 g/mol. The molecule has 2 rings (SSSR count). The number of hydrogen-bond donors (Lipinski definition) is 2. The third-order valence-corrected chi connectivity index (χ3v) is 4.46. The summed E-state index contributed by atoms with van der Waals surface area (Å²) < 4.78 is 5.81. The highest BCUT2D eigenvalue weighted by molar-refractivity contribution is 14.1. The maximum atomic E-state index is 11.9. The van der Waals surface area contributed by atoms with Gasteiger partial charge in [-0.05, 0) is 65.4 Å². The topological polar surface area (TPSA) is 84.5 Å². The molecule has 0 aliphatic carbocycles. The number of anilines is 1. The fourth-order valence-corrected chi connectivity index (χ4v) is 2.71. The summed E-state index contributed by atoms with van der Waals surface area (Å²) in [4.78, 5) is 35.5. The lowest BCUT2D eigenvalue weighted by atomic mass is 10.2. The van der Waals surface area contributed by atoms with Gasteiger partial charge < -0.3 is 15.4 Å². The Bertz CT molecular complexity index is 842. The van der Waals surface area contributed by atoms with E-state index in [-0.39, 0.29) is 6.54 Å². The van der Waals surface area contributed by atoms with E-state index in [1.807, 2.05) is 6.07 Å². The molecule has 0 fully saturated rings. The van der Waals surface area contributed by atoms with Crippen molar-refractivity contribution in [2.24, 2.45) is 0 Å². The number of carbonyl (C=O) groups is 3. The average Bonchev–Trinajstić information content (AvgIpc) is 2.61. The summed E-state index contributed by atoms with van der Waals surface area (Å²) in [7, 11) is 0. The van der Waals surface area contributed by atoms with E-state index in [0.717, 1.165) is 9.13 Å². The second-order valence-corrected chi connectivity index (χ2v) is 6.98. The van der Waals surface area contributed by atoms with Gasteiger partial charge in [0.2, 0.25) is 5.91 Å². The molecule has 0 aliphatic rings. The van der Waals surface area contributed by atoms with Crippen molar-refractivity contribution in [2.45, 2.75) is 6.92 Å². The molecule has 2 N–H and O–H groups in total. The van der Waals surface area contributed by atoms with E-state index in [0.29, 0.717) is 16.3 Å². The van der Waals surface area contributed by atoms with Gasteiger partial charge in [0.1, 0.15) is 0 Å². The van der Waals surface area contributed by atoms with Gasteiger partial charge in [-0.1, -0.05) is 23.7 Å². The second kappa shape index (κ2) is 9.54. The summed E-state index contributed by atoms with van der Waals surface area (Å²) in [6, 6.07) is 12.0. The van der Waals surface area contributed by atoms with Crippen molar-refractivity contribution in [1.29, 1.82) is 0 Å². The van der Waals surface area contributed by atoms with Crippen molar-refractivity contribution in [3.8, 4) is 0 Å². The quantitative estimate of drug-likeness (QED) is 0.485. The van der Waals surface area contributed by atoms with Crippen LogP contribution in [0, 0.1) is 10.5 Å². The predicted octanol–water partition coefficient (Wildman–Crippen LogP) is 3.16. The molecule has 2 amide bonds. The Hall–Kier alpha value is -2.13. The van der Waals surface area contributed by atoms with Crippen LogP contribution in [0.5, 0.6) is 0 Å². The van der Waals surface area contributed by atoms with Crippen molar-refractivity contribution in [2.75, 3.05) is 18.5 Å². The molecule has 0 radical (unpaired) electrons. The van der Waals surface area contributed by atoms with Crippen molar-refractivity contribution in [3.63, 3.8) is 0 Å². The van der Waals surface area contributed by atoms with Gasteiger partial charge in [0.25, 0.3) is 5.91 Å². The van der Waals surface area contributed by atoms with Crippen LogP contribution in [0.1, 0.15) is 15.9 Å². The molecule has 0 bridgehead atoms. The van der Waals surface area contributed by atoms with Crippen LogP contribution in [-0.2, 0) is 14.3 Å².